The van der Waals surface area contributed by atoms with E-state index < -0.39 is 0 Å². The van der Waals surface area contributed by atoms with Gasteiger partial charge in [0.05, 0.1) is 17.1 Å². The molecule has 0 unspecified atom stereocenters. The van der Waals surface area contributed by atoms with Crippen LogP contribution in [-0.4, -0.2) is 41.1 Å². The molecule has 0 saturated carbocycles. The van der Waals surface area contributed by atoms with Crippen LogP contribution in [0.5, 0.6) is 0 Å². The molecule has 2 aromatic carbocycles. The summed E-state index contributed by atoms with van der Waals surface area (Å²) in [5.41, 5.74) is 3.46. The van der Waals surface area contributed by atoms with E-state index in [0.717, 1.165) is 18.5 Å². The van der Waals surface area contributed by atoms with Gasteiger partial charge in [-0.1, -0.05) is 67.6 Å². The molecule has 9 heteroatoms. The topological polar surface area (TPSA) is 87.6 Å². The van der Waals surface area contributed by atoms with E-state index in [-0.39, 0.29) is 17.1 Å². The Morgan fingerprint density at radius 3 is 2.47 bits per heavy atom. The molecule has 4 aromatic rings. The largest absolute Gasteiger partial charge is 0.297 e. The van der Waals surface area contributed by atoms with Crippen LogP contribution in [-0.2, 0) is 13.5 Å². The highest BCUT2D eigenvalue weighted by Gasteiger charge is 2.22. The van der Waals surface area contributed by atoms with Crippen molar-refractivity contribution >= 4 is 17.5 Å². The van der Waals surface area contributed by atoms with Gasteiger partial charge in [-0.3, -0.25) is 14.3 Å². The van der Waals surface area contributed by atoms with Gasteiger partial charge in [-0.2, -0.15) is 4.68 Å². The van der Waals surface area contributed by atoms with E-state index in [4.69, 9.17) is 0 Å². The Bertz CT molecular complexity index is 1290. The fraction of sp³-hybridized carbons (Fsp3) is 0.261. The summed E-state index contributed by atoms with van der Waals surface area (Å²) < 4.78 is 4.76. The lowest BCUT2D eigenvalue weighted by Gasteiger charge is -2.07. The summed E-state index contributed by atoms with van der Waals surface area (Å²) in [7, 11) is 1.82. The molecule has 2 aromatic heterocycles. The van der Waals surface area contributed by atoms with Gasteiger partial charge in [0.15, 0.2) is 11.5 Å². The van der Waals surface area contributed by atoms with Crippen molar-refractivity contribution in [3.8, 4) is 11.4 Å². The van der Waals surface area contributed by atoms with Gasteiger partial charge < -0.3 is 0 Å². The molecule has 0 spiro atoms. The number of Topliss-reactive ketones (excluding diaryl/α,β-unsaturated/α-hetero) is 1. The molecule has 0 bridgehead atoms. The van der Waals surface area contributed by atoms with Crippen LogP contribution in [0, 0.1) is 6.92 Å². The van der Waals surface area contributed by atoms with Gasteiger partial charge in [-0.15, -0.1) is 5.10 Å². The molecule has 0 atom stereocenters. The average molecular weight is 449 g/mol. The molecule has 2 heterocycles. The number of para-hydroxylation sites is 1. The van der Waals surface area contributed by atoms with Gasteiger partial charge >= 0.3 is 0 Å². The smallest absolute Gasteiger partial charge is 0.293 e. The number of aryl methyl sites for hydroxylation is 1. The number of rotatable bonds is 8. The summed E-state index contributed by atoms with van der Waals surface area (Å²) in [6, 6.07) is 17.1. The fourth-order valence-electron chi connectivity index (χ4n) is 3.57. The molecule has 4 rings (SSSR count). The van der Waals surface area contributed by atoms with Gasteiger partial charge in [0.1, 0.15) is 0 Å². The van der Waals surface area contributed by atoms with Crippen LogP contribution in [0.1, 0.15) is 35.0 Å². The average Bonchev–Trinajstić information content (AvgIpc) is 3.35. The second-order valence-corrected chi connectivity index (χ2v) is 8.38. The van der Waals surface area contributed by atoms with Crippen molar-refractivity contribution in [2.24, 2.45) is 7.05 Å². The number of ketones is 1. The molecule has 0 saturated heterocycles. The van der Waals surface area contributed by atoms with Crippen LogP contribution in [0.25, 0.3) is 11.4 Å². The molecule has 0 N–H and O–H groups in total. The van der Waals surface area contributed by atoms with E-state index >= 15 is 0 Å². The quantitative estimate of drug-likeness (QED) is 0.303. The highest BCUT2D eigenvalue weighted by Crippen LogP contribution is 2.21. The second kappa shape index (κ2) is 9.35. The summed E-state index contributed by atoms with van der Waals surface area (Å²) in [6.45, 7) is 3.97. The molecule has 164 valence electrons. The molecule has 0 fully saturated rings. The molecule has 0 radical (unpaired) electrons. The third kappa shape index (κ3) is 4.16. The highest BCUT2D eigenvalue weighted by atomic mass is 32.2. The Labute approximate surface area is 189 Å². The highest BCUT2D eigenvalue weighted by molar-refractivity contribution is 7.99. The number of carbonyl (C=O) groups is 1. The lowest BCUT2D eigenvalue weighted by Crippen LogP contribution is -2.22. The summed E-state index contributed by atoms with van der Waals surface area (Å²) in [4.78, 5) is 25.9. The summed E-state index contributed by atoms with van der Waals surface area (Å²) in [5, 5.41) is 12.2. The molecular weight excluding hydrogens is 424 g/mol. The zero-order valence-electron chi connectivity index (χ0n) is 18.2. The zero-order chi connectivity index (χ0) is 22.7. The van der Waals surface area contributed by atoms with Crippen molar-refractivity contribution in [2.45, 2.75) is 31.8 Å². The molecular formula is C23H24N6O2S. The summed E-state index contributed by atoms with van der Waals surface area (Å²) >= 11 is 1.21. The predicted octanol–water partition coefficient (Wildman–Crippen LogP) is 3.39. The van der Waals surface area contributed by atoms with Crippen molar-refractivity contribution in [1.29, 1.82) is 0 Å². The second-order valence-electron chi connectivity index (χ2n) is 7.44. The summed E-state index contributed by atoms with van der Waals surface area (Å²) in [6.07, 6.45) is 2.06. The van der Waals surface area contributed by atoms with E-state index in [9.17, 15) is 9.59 Å². The van der Waals surface area contributed by atoms with E-state index in [1.807, 2.05) is 68.6 Å². The lowest BCUT2D eigenvalue weighted by molar-refractivity contribution is 0.102. The van der Waals surface area contributed by atoms with Crippen LogP contribution in [0.3, 0.4) is 0 Å². The zero-order valence-corrected chi connectivity index (χ0v) is 19.0. The van der Waals surface area contributed by atoms with Crippen molar-refractivity contribution in [1.82, 2.24) is 29.6 Å². The van der Waals surface area contributed by atoms with E-state index in [0.29, 0.717) is 22.1 Å². The maximum absolute atomic E-state index is 13.3. The molecule has 0 amide bonds. The third-order valence-corrected chi connectivity index (χ3v) is 6.24. The SMILES string of the molecule is CCCc1ccc(C(=O)CSc2nnnn2-c2c(C)n(C)n(-c3ccccc3)c2=O)cc1. The lowest BCUT2D eigenvalue weighted by atomic mass is 10.1. The first-order chi connectivity index (χ1) is 15.5. The Hall–Kier alpha value is -3.46. The van der Waals surface area contributed by atoms with Crippen molar-refractivity contribution in [3.63, 3.8) is 0 Å². The monoisotopic (exact) mass is 448 g/mol. The van der Waals surface area contributed by atoms with Crippen LogP contribution < -0.4 is 5.56 Å². The first kappa shape index (κ1) is 21.8. The molecule has 0 aliphatic rings. The minimum Gasteiger partial charge on any atom is -0.293 e. The molecule has 32 heavy (non-hydrogen) atoms. The Morgan fingerprint density at radius 1 is 1.06 bits per heavy atom. The number of hydrogen-bond donors (Lipinski definition) is 0. The van der Waals surface area contributed by atoms with Crippen LogP contribution in [0.15, 0.2) is 64.5 Å². The number of tetrazole rings is 1. The van der Waals surface area contributed by atoms with Gasteiger partial charge in [-0.05, 0) is 41.5 Å². The van der Waals surface area contributed by atoms with E-state index in [1.165, 1.54) is 22.0 Å². The van der Waals surface area contributed by atoms with Gasteiger partial charge in [0, 0.05) is 12.6 Å². The van der Waals surface area contributed by atoms with Gasteiger partial charge in [0.25, 0.3) is 5.56 Å². The molecule has 0 aliphatic carbocycles. The van der Waals surface area contributed by atoms with Gasteiger partial charge in [-0.25, -0.2) is 4.68 Å². The van der Waals surface area contributed by atoms with Crippen LogP contribution in [0.2, 0.25) is 0 Å². The number of nitrogens with zero attached hydrogens (tertiary/aromatic N) is 6. The minimum atomic E-state index is -0.233. The van der Waals surface area contributed by atoms with Crippen molar-refractivity contribution < 1.29 is 4.79 Å². The third-order valence-electron chi connectivity index (χ3n) is 5.32. The normalized spacial score (nSPS) is 11.1. The van der Waals surface area contributed by atoms with Crippen LogP contribution in [0.4, 0.5) is 0 Å². The Morgan fingerprint density at radius 2 is 1.78 bits per heavy atom. The number of aromatic nitrogens is 6. The predicted molar refractivity (Wildman–Crippen MR) is 124 cm³/mol. The first-order valence-electron chi connectivity index (χ1n) is 10.4. The van der Waals surface area contributed by atoms with Crippen molar-refractivity contribution in [2.75, 3.05) is 5.75 Å². The first-order valence-corrected chi connectivity index (χ1v) is 11.4. The van der Waals surface area contributed by atoms with Crippen LogP contribution >= 0.6 is 11.8 Å². The van der Waals surface area contributed by atoms with Gasteiger partial charge in [0.2, 0.25) is 5.16 Å². The maximum atomic E-state index is 13.3. The van der Waals surface area contributed by atoms with E-state index in [1.54, 1.807) is 9.36 Å². The summed E-state index contributed by atoms with van der Waals surface area (Å²) in [5.74, 6) is 0.158. The minimum absolute atomic E-state index is 0.0147. The molecule has 0 aliphatic heterocycles. The van der Waals surface area contributed by atoms with E-state index in [2.05, 4.69) is 22.4 Å². The van der Waals surface area contributed by atoms with Crippen molar-refractivity contribution in [3.05, 3.63) is 81.8 Å². The molecule has 8 nitrogen and oxygen atoms in total. The number of carbonyl (C=O) groups excluding carboxylic acids is 1. The maximum Gasteiger partial charge on any atom is 0.297 e. The number of thioether (sulfide) groups is 1. The fourth-order valence-corrected chi connectivity index (χ4v) is 4.34. The Kier molecular flexibility index (Phi) is 6.36. The standard InChI is InChI=1S/C23H24N6O2S/c1-4-8-17-11-13-18(14-12-17)20(30)15-32-23-24-25-26-28(23)21-16(2)27(3)29(22(21)31)19-9-6-5-7-10-19/h5-7,9-14H,4,8,15H2,1-3H3. The number of benzene rings is 2. The number of hydrogen-bond acceptors (Lipinski definition) is 6. The Balaban J connectivity index is 1.58.